The Morgan fingerprint density at radius 3 is 2.57 bits per heavy atom. The quantitative estimate of drug-likeness (QED) is 0.877. The number of benzene rings is 1. The van der Waals surface area contributed by atoms with Crippen LogP contribution in [0.4, 0.5) is 0 Å². The van der Waals surface area contributed by atoms with Crippen LogP contribution in [-0.4, -0.2) is 42.1 Å². The summed E-state index contributed by atoms with van der Waals surface area (Å²) in [6.07, 6.45) is 4.11. The van der Waals surface area contributed by atoms with E-state index in [0.29, 0.717) is 15.8 Å². The smallest absolute Gasteiger partial charge is 0.260 e. The Morgan fingerprint density at radius 2 is 1.96 bits per heavy atom. The summed E-state index contributed by atoms with van der Waals surface area (Å²) in [6.45, 7) is 3.89. The maximum absolute atomic E-state index is 12.3. The molecule has 1 N–H and O–H groups in total. The van der Waals surface area contributed by atoms with Crippen LogP contribution in [0.1, 0.15) is 32.6 Å². The van der Waals surface area contributed by atoms with E-state index in [4.69, 9.17) is 27.9 Å². The monoisotopic (exact) mass is 356 g/mol. The van der Waals surface area contributed by atoms with Crippen molar-refractivity contribution in [2.24, 2.45) is 0 Å². The molecule has 23 heavy (non-hydrogen) atoms. The van der Waals surface area contributed by atoms with Gasteiger partial charge in [0.1, 0.15) is 5.75 Å². The summed E-state index contributed by atoms with van der Waals surface area (Å²) in [5.74, 6) is 0.378. The van der Waals surface area contributed by atoms with Gasteiger partial charge < -0.3 is 15.0 Å². The number of ether oxygens (including phenoxy) is 1. The lowest BCUT2D eigenvalue weighted by Gasteiger charge is -2.32. The number of carbonyl (C=O) groups is 1. The molecule has 0 aromatic heterocycles. The summed E-state index contributed by atoms with van der Waals surface area (Å²) in [5, 5.41) is 4.05. The predicted molar refractivity (Wildman–Crippen MR) is 92.3 cm³/mol. The van der Waals surface area contributed by atoms with Crippen molar-refractivity contribution in [3.05, 3.63) is 28.2 Å². The molecule has 1 saturated heterocycles. The zero-order chi connectivity index (χ0) is 16.4. The molecule has 2 aliphatic rings. The zero-order valence-corrected chi connectivity index (χ0v) is 14.7. The number of piperidine rings is 1. The summed E-state index contributed by atoms with van der Waals surface area (Å²) < 4.78 is 5.66. The normalized spacial score (nSPS) is 21.0. The summed E-state index contributed by atoms with van der Waals surface area (Å²) in [6, 6.07) is 6.03. The van der Waals surface area contributed by atoms with E-state index in [-0.39, 0.29) is 11.9 Å². The van der Waals surface area contributed by atoms with Crippen LogP contribution in [0.2, 0.25) is 10.0 Å². The van der Waals surface area contributed by atoms with Gasteiger partial charge in [0.2, 0.25) is 0 Å². The first-order valence-corrected chi connectivity index (χ1v) is 8.94. The molecule has 1 aromatic rings. The Morgan fingerprint density at radius 1 is 1.26 bits per heavy atom. The number of hydrogen-bond donors (Lipinski definition) is 1. The van der Waals surface area contributed by atoms with Crippen LogP contribution in [0, 0.1) is 0 Å². The average Bonchev–Trinajstić information content (AvgIpc) is 3.35. The third-order valence-electron chi connectivity index (χ3n) is 4.51. The highest BCUT2D eigenvalue weighted by Gasteiger charge is 2.32. The van der Waals surface area contributed by atoms with Gasteiger partial charge in [-0.15, -0.1) is 0 Å². The first-order chi connectivity index (χ1) is 11.0. The van der Waals surface area contributed by atoms with Crippen LogP contribution in [0.3, 0.4) is 0 Å². The minimum absolute atomic E-state index is 0.0964. The molecule has 1 aliphatic carbocycles. The highest BCUT2D eigenvalue weighted by atomic mass is 35.5. The molecule has 1 saturated carbocycles. The van der Waals surface area contributed by atoms with Crippen LogP contribution in [0.5, 0.6) is 5.75 Å². The van der Waals surface area contributed by atoms with Crippen molar-refractivity contribution in [3.63, 3.8) is 0 Å². The number of rotatable bonds is 5. The van der Waals surface area contributed by atoms with E-state index in [9.17, 15) is 4.79 Å². The molecule has 4 nitrogen and oxygen atoms in total. The van der Waals surface area contributed by atoms with Crippen molar-refractivity contribution in [2.45, 2.75) is 50.8 Å². The second-order valence-electron chi connectivity index (χ2n) is 6.38. The van der Waals surface area contributed by atoms with Crippen LogP contribution in [0.15, 0.2) is 18.2 Å². The standard InChI is InChI=1S/C17H22Cl2N2O2/c1-11(23-16-5-2-12(18)10-15(16)19)17(22)20-13-6-8-21(9-7-13)14-3-4-14/h2,5,10-11,13-14H,3-4,6-9H2,1H3,(H,20,22). The molecular weight excluding hydrogens is 335 g/mol. The maximum atomic E-state index is 12.3. The molecule has 0 bridgehead atoms. The Hall–Kier alpha value is -0.970. The minimum Gasteiger partial charge on any atom is -0.479 e. The molecule has 1 aromatic carbocycles. The molecule has 126 valence electrons. The van der Waals surface area contributed by atoms with Gasteiger partial charge in [0.15, 0.2) is 6.10 Å². The number of nitrogens with zero attached hydrogens (tertiary/aromatic N) is 1. The van der Waals surface area contributed by atoms with E-state index < -0.39 is 6.10 Å². The Labute approximate surface area is 147 Å². The lowest BCUT2D eigenvalue weighted by molar-refractivity contribution is -0.128. The number of amides is 1. The zero-order valence-electron chi connectivity index (χ0n) is 13.2. The molecule has 6 heteroatoms. The van der Waals surface area contributed by atoms with Crippen LogP contribution >= 0.6 is 23.2 Å². The van der Waals surface area contributed by atoms with Crippen molar-refractivity contribution >= 4 is 29.1 Å². The Balaban J connectivity index is 1.47. The molecule has 1 unspecified atom stereocenters. The van der Waals surface area contributed by atoms with E-state index >= 15 is 0 Å². The van der Waals surface area contributed by atoms with Crippen molar-refractivity contribution in [1.82, 2.24) is 10.2 Å². The number of hydrogen-bond acceptors (Lipinski definition) is 3. The molecular formula is C17H22Cl2N2O2. The molecule has 0 spiro atoms. The van der Waals surface area contributed by atoms with Gasteiger partial charge in [-0.25, -0.2) is 0 Å². The Bertz CT molecular complexity index is 570. The average molecular weight is 357 g/mol. The third-order valence-corrected chi connectivity index (χ3v) is 5.04. The fraction of sp³-hybridized carbons (Fsp3) is 0.588. The van der Waals surface area contributed by atoms with Gasteiger partial charge in [0.25, 0.3) is 5.91 Å². The van der Waals surface area contributed by atoms with Crippen molar-refractivity contribution < 1.29 is 9.53 Å². The third kappa shape index (κ3) is 4.52. The fourth-order valence-electron chi connectivity index (χ4n) is 2.98. The summed E-state index contributed by atoms with van der Waals surface area (Å²) in [5.41, 5.74) is 0. The minimum atomic E-state index is -0.588. The predicted octanol–water partition coefficient (Wildman–Crippen LogP) is 3.50. The van der Waals surface area contributed by atoms with Gasteiger partial charge >= 0.3 is 0 Å². The topological polar surface area (TPSA) is 41.6 Å². The van der Waals surface area contributed by atoms with E-state index in [1.807, 2.05) is 0 Å². The van der Waals surface area contributed by atoms with Crippen molar-refractivity contribution in [2.75, 3.05) is 13.1 Å². The molecule has 0 radical (unpaired) electrons. The van der Waals surface area contributed by atoms with E-state index in [0.717, 1.165) is 32.0 Å². The Kier molecular flexibility index (Phi) is 5.34. The van der Waals surface area contributed by atoms with Gasteiger partial charge in [-0.3, -0.25) is 4.79 Å². The summed E-state index contributed by atoms with van der Waals surface area (Å²) in [4.78, 5) is 14.8. The lowest BCUT2D eigenvalue weighted by atomic mass is 10.0. The second-order valence-corrected chi connectivity index (χ2v) is 7.23. The SMILES string of the molecule is CC(Oc1ccc(Cl)cc1Cl)C(=O)NC1CCN(C2CC2)CC1. The number of halogens is 2. The second kappa shape index (κ2) is 7.29. The lowest BCUT2D eigenvalue weighted by Crippen LogP contribution is -2.48. The van der Waals surface area contributed by atoms with Gasteiger partial charge in [-0.1, -0.05) is 23.2 Å². The van der Waals surface area contributed by atoms with Crippen LogP contribution < -0.4 is 10.1 Å². The summed E-state index contributed by atoms with van der Waals surface area (Å²) >= 11 is 11.9. The van der Waals surface area contributed by atoms with Gasteiger partial charge in [0.05, 0.1) is 5.02 Å². The fourth-order valence-corrected chi connectivity index (χ4v) is 3.43. The molecule has 2 fully saturated rings. The molecule has 1 aliphatic heterocycles. The van der Waals surface area contributed by atoms with E-state index in [1.54, 1.807) is 25.1 Å². The highest BCUT2D eigenvalue weighted by molar-refractivity contribution is 6.35. The molecule has 1 atom stereocenters. The van der Waals surface area contributed by atoms with Crippen molar-refractivity contribution in [1.29, 1.82) is 0 Å². The van der Waals surface area contributed by atoms with E-state index in [1.165, 1.54) is 12.8 Å². The number of nitrogens with one attached hydrogen (secondary N) is 1. The molecule has 1 amide bonds. The van der Waals surface area contributed by atoms with E-state index in [2.05, 4.69) is 10.2 Å². The van der Waals surface area contributed by atoms with Crippen molar-refractivity contribution in [3.8, 4) is 5.75 Å². The van der Waals surface area contributed by atoms with Gasteiger partial charge in [-0.05, 0) is 50.8 Å². The molecule has 3 rings (SSSR count). The number of likely N-dealkylation sites (tertiary alicyclic amines) is 1. The number of carbonyl (C=O) groups excluding carboxylic acids is 1. The van der Waals surface area contributed by atoms with Gasteiger partial charge in [0, 0.05) is 30.2 Å². The highest BCUT2D eigenvalue weighted by Crippen LogP contribution is 2.30. The largest absolute Gasteiger partial charge is 0.479 e. The molecule has 1 heterocycles. The maximum Gasteiger partial charge on any atom is 0.260 e. The van der Waals surface area contributed by atoms with Crippen LogP contribution in [0.25, 0.3) is 0 Å². The first-order valence-electron chi connectivity index (χ1n) is 8.19. The van der Waals surface area contributed by atoms with Crippen LogP contribution in [-0.2, 0) is 4.79 Å². The first kappa shape index (κ1) is 16.9. The summed E-state index contributed by atoms with van der Waals surface area (Å²) in [7, 11) is 0. The van der Waals surface area contributed by atoms with Gasteiger partial charge in [-0.2, -0.15) is 0 Å².